The SMILES string of the molecule is Cc1cc(C(=O)N/N=C2/CC(=O)CC(C)(C)C2)c(C)n1-c1ccccc1. The number of rotatable bonds is 3. The van der Waals surface area contributed by atoms with E-state index in [-0.39, 0.29) is 17.1 Å². The number of Topliss-reactive ketones (excluding diaryl/α,β-unsaturated/α-hetero) is 1. The van der Waals surface area contributed by atoms with Crippen LogP contribution in [-0.2, 0) is 4.79 Å². The number of hydrogen-bond donors (Lipinski definition) is 1. The lowest BCUT2D eigenvalue weighted by Gasteiger charge is -2.28. The number of hydrazone groups is 1. The molecule has 26 heavy (non-hydrogen) atoms. The smallest absolute Gasteiger partial charge is 0.273 e. The molecule has 0 atom stereocenters. The Hall–Kier alpha value is -2.69. The average Bonchev–Trinajstić information content (AvgIpc) is 2.86. The van der Waals surface area contributed by atoms with Crippen LogP contribution in [0.3, 0.4) is 0 Å². The van der Waals surface area contributed by atoms with Crippen molar-refractivity contribution in [2.75, 3.05) is 0 Å². The molecule has 0 aliphatic heterocycles. The first-order valence-corrected chi connectivity index (χ1v) is 8.89. The molecule has 0 unspecified atom stereocenters. The second kappa shape index (κ2) is 6.90. The zero-order chi connectivity index (χ0) is 18.9. The van der Waals surface area contributed by atoms with E-state index in [9.17, 15) is 9.59 Å². The van der Waals surface area contributed by atoms with Crippen molar-refractivity contribution in [1.29, 1.82) is 0 Å². The molecule has 2 aromatic rings. The number of aryl methyl sites for hydroxylation is 1. The number of carbonyl (C=O) groups is 2. The molecule has 1 amide bonds. The number of para-hydroxylation sites is 1. The third-order valence-electron chi connectivity index (χ3n) is 4.77. The molecule has 3 rings (SSSR count). The molecule has 1 fully saturated rings. The van der Waals surface area contributed by atoms with Crippen molar-refractivity contribution in [2.45, 2.75) is 47.0 Å². The first kappa shape index (κ1) is 18.1. The topological polar surface area (TPSA) is 63.5 Å². The first-order valence-electron chi connectivity index (χ1n) is 8.89. The van der Waals surface area contributed by atoms with Crippen LogP contribution in [0.25, 0.3) is 5.69 Å². The van der Waals surface area contributed by atoms with Crippen molar-refractivity contribution in [3.05, 3.63) is 53.3 Å². The molecule has 1 aliphatic carbocycles. The summed E-state index contributed by atoms with van der Waals surface area (Å²) in [7, 11) is 0. The monoisotopic (exact) mass is 351 g/mol. The van der Waals surface area contributed by atoms with Gasteiger partial charge in [-0.1, -0.05) is 32.0 Å². The van der Waals surface area contributed by atoms with E-state index in [1.165, 1.54) is 0 Å². The molecule has 1 aliphatic rings. The predicted octanol–water partition coefficient (Wildman–Crippen LogP) is 3.96. The fourth-order valence-corrected chi connectivity index (χ4v) is 3.74. The van der Waals surface area contributed by atoms with E-state index in [0.29, 0.717) is 18.4 Å². The summed E-state index contributed by atoms with van der Waals surface area (Å²) in [5.41, 5.74) is 6.76. The quantitative estimate of drug-likeness (QED) is 0.851. The Kier molecular flexibility index (Phi) is 4.81. The normalized spacial score (nSPS) is 18.2. The van der Waals surface area contributed by atoms with E-state index in [0.717, 1.165) is 29.2 Å². The average molecular weight is 351 g/mol. The lowest BCUT2D eigenvalue weighted by molar-refractivity contribution is -0.120. The highest BCUT2D eigenvalue weighted by molar-refractivity contribution is 6.05. The third-order valence-corrected chi connectivity index (χ3v) is 4.77. The van der Waals surface area contributed by atoms with Gasteiger partial charge in [0, 0.05) is 35.6 Å². The molecule has 5 nitrogen and oxygen atoms in total. The predicted molar refractivity (Wildman–Crippen MR) is 103 cm³/mol. The Bertz CT molecular complexity index is 876. The van der Waals surface area contributed by atoms with Gasteiger partial charge in [0.1, 0.15) is 5.78 Å². The Labute approximate surface area is 154 Å². The second-order valence-electron chi connectivity index (χ2n) is 7.81. The molecule has 0 bridgehead atoms. The molecule has 136 valence electrons. The number of ketones is 1. The van der Waals surface area contributed by atoms with Crippen molar-refractivity contribution in [3.63, 3.8) is 0 Å². The van der Waals surface area contributed by atoms with Crippen LogP contribution in [0, 0.1) is 19.3 Å². The second-order valence-corrected chi connectivity index (χ2v) is 7.81. The summed E-state index contributed by atoms with van der Waals surface area (Å²) in [5.74, 6) is -0.0693. The molecule has 0 spiro atoms. The van der Waals surface area contributed by atoms with Crippen molar-refractivity contribution in [3.8, 4) is 5.69 Å². The van der Waals surface area contributed by atoms with Gasteiger partial charge in [-0.25, -0.2) is 5.43 Å². The van der Waals surface area contributed by atoms with Crippen LogP contribution in [0.1, 0.15) is 54.9 Å². The summed E-state index contributed by atoms with van der Waals surface area (Å²) in [6.45, 7) is 8.00. The maximum atomic E-state index is 12.6. The van der Waals surface area contributed by atoms with Gasteiger partial charge in [0.15, 0.2) is 0 Å². The van der Waals surface area contributed by atoms with Gasteiger partial charge in [0.25, 0.3) is 5.91 Å². The van der Waals surface area contributed by atoms with Crippen LogP contribution >= 0.6 is 0 Å². The fourth-order valence-electron chi connectivity index (χ4n) is 3.74. The third kappa shape index (κ3) is 3.77. The van der Waals surface area contributed by atoms with Gasteiger partial charge in [-0.3, -0.25) is 9.59 Å². The molecule has 1 N–H and O–H groups in total. The Morgan fingerprint density at radius 2 is 1.85 bits per heavy atom. The summed E-state index contributed by atoms with van der Waals surface area (Å²) < 4.78 is 2.05. The van der Waals surface area contributed by atoms with Crippen molar-refractivity contribution in [1.82, 2.24) is 9.99 Å². The van der Waals surface area contributed by atoms with Crippen LogP contribution in [0.15, 0.2) is 41.5 Å². The van der Waals surface area contributed by atoms with Gasteiger partial charge in [-0.2, -0.15) is 5.10 Å². The maximum Gasteiger partial charge on any atom is 0.273 e. The lowest BCUT2D eigenvalue weighted by Crippen LogP contribution is -2.31. The number of aromatic nitrogens is 1. The Morgan fingerprint density at radius 1 is 1.15 bits per heavy atom. The van der Waals surface area contributed by atoms with E-state index in [4.69, 9.17) is 0 Å². The Balaban J connectivity index is 1.81. The van der Waals surface area contributed by atoms with Gasteiger partial charge in [0.05, 0.1) is 5.56 Å². The molecule has 1 heterocycles. The van der Waals surface area contributed by atoms with Gasteiger partial charge in [-0.05, 0) is 43.9 Å². The van der Waals surface area contributed by atoms with Gasteiger partial charge in [-0.15, -0.1) is 0 Å². The van der Waals surface area contributed by atoms with Crippen molar-refractivity contribution < 1.29 is 9.59 Å². The summed E-state index contributed by atoms with van der Waals surface area (Å²) in [6, 6.07) is 11.8. The number of benzene rings is 1. The van der Waals surface area contributed by atoms with Crippen LogP contribution in [0.5, 0.6) is 0 Å². The van der Waals surface area contributed by atoms with Gasteiger partial charge >= 0.3 is 0 Å². The summed E-state index contributed by atoms with van der Waals surface area (Å²) >= 11 is 0. The minimum atomic E-state index is -0.247. The largest absolute Gasteiger partial charge is 0.318 e. The standard InChI is InChI=1S/C21H25N3O2/c1-14-10-19(15(2)24(14)17-8-6-5-7-9-17)20(26)23-22-16-11-18(25)13-21(3,4)12-16/h5-10H,11-13H2,1-4H3,(H,23,26)/b22-16-. The van der Waals surface area contributed by atoms with Crippen LogP contribution < -0.4 is 5.43 Å². The minimum absolute atomic E-state index is 0.0952. The summed E-state index contributed by atoms with van der Waals surface area (Å²) in [6.07, 6.45) is 1.62. The van der Waals surface area contributed by atoms with E-state index >= 15 is 0 Å². The number of nitrogens with one attached hydrogen (secondary N) is 1. The fraction of sp³-hybridized carbons (Fsp3) is 0.381. The van der Waals surface area contributed by atoms with Gasteiger partial charge < -0.3 is 4.57 Å². The number of carbonyl (C=O) groups excluding carboxylic acids is 2. The maximum absolute atomic E-state index is 12.6. The van der Waals surface area contributed by atoms with Crippen LogP contribution in [0.2, 0.25) is 0 Å². The molecular weight excluding hydrogens is 326 g/mol. The van der Waals surface area contributed by atoms with E-state index in [1.54, 1.807) is 0 Å². The van der Waals surface area contributed by atoms with Crippen molar-refractivity contribution >= 4 is 17.4 Å². The zero-order valence-corrected chi connectivity index (χ0v) is 15.8. The molecule has 5 heteroatoms. The van der Waals surface area contributed by atoms with E-state index in [2.05, 4.69) is 28.9 Å². The number of amides is 1. The molecule has 0 saturated heterocycles. The molecule has 0 radical (unpaired) electrons. The molecular formula is C21H25N3O2. The zero-order valence-electron chi connectivity index (χ0n) is 15.8. The van der Waals surface area contributed by atoms with Crippen LogP contribution in [-0.4, -0.2) is 22.0 Å². The first-order chi connectivity index (χ1) is 12.3. The van der Waals surface area contributed by atoms with Gasteiger partial charge in [0.2, 0.25) is 0 Å². The van der Waals surface area contributed by atoms with E-state index in [1.807, 2.05) is 50.2 Å². The summed E-state index contributed by atoms with van der Waals surface area (Å²) in [5, 5.41) is 4.25. The number of hydrogen-bond acceptors (Lipinski definition) is 3. The Morgan fingerprint density at radius 3 is 2.50 bits per heavy atom. The highest BCUT2D eigenvalue weighted by atomic mass is 16.2. The highest BCUT2D eigenvalue weighted by Crippen LogP contribution is 2.31. The lowest BCUT2D eigenvalue weighted by atomic mass is 9.76. The van der Waals surface area contributed by atoms with E-state index < -0.39 is 0 Å². The molecule has 1 aromatic heterocycles. The minimum Gasteiger partial charge on any atom is -0.318 e. The molecule has 1 saturated carbocycles. The molecule has 1 aromatic carbocycles. The summed E-state index contributed by atoms with van der Waals surface area (Å²) in [4.78, 5) is 24.5. The van der Waals surface area contributed by atoms with Crippen molar-refractivity contribution in [2.24, 2.45) is 10.5 Å². The van der Waals surface area contributed by atoms with Crippen LogP contribution in [0.4, 0.5) is 0 Å². The highest BCUT2D eigenvalue weighted by Gasteiger charge is 2.30. The number of nitrogens with zero attached hydrogens (tertiary/aromatic N) is 2.